The maximum atomic E-state index is 12.1. The number of rotatable bonds is 5. The summed E-state index contributed by atoms with van der Waals surface area (Å²) in [6, 6.07) is 0.503. The van der Waals surface area contributed by atoms with Crippen LogP contribution in [0, 0.1) is 0 Å². The predicted octanol–water partition coefficient (Wildman–Crippen LogP) is 2.33. The number of nitrogens with one attached hydrogen (secondary N) is 1. The molecule has 0 aromatic carbocycles. The molecule has 2 atom stereocenters. The Balaban J connectivity index is 1.66. The van der Waals surface area contributed by atoms with E-state index in [-0.39, 0.29) is 5.60 Å². The van der Waals surface area contributed by atoms with Crippen LogP contribution < -0.4 is 5.32 Å². The third kappa shape index (κ3) is 4.45. The van der Waals surface area contributed by atoms with E-state index >= 15 is 0 Å². The van der Waals surface area contributed by atoms with Gasteiger partial charge >= 0.3 is 0 Å². The number of piperidine rings is 1. The fourth-order valence-corrected chi connectivity index (χ4v) is 3.24. The van der Waals surface area contributed by atoms with Crippen molar-refractivity contribution in [3.63, 3.8) is 0 Å². The Kier molecular flexibility index (Phi) is 5.85. The molecule has 2 fully saturated rings. The molecule has 4 heteroatoms. The zero-order chi connectivity index (χ0) is 14.4. The first-order valence-corrected chi connectivity index (χ1v) is 8.28. The van der Waals surface area contributed by atoms with Gasteiger partial charge < -0.3 is 15.0 Å². The van der Waals surface area contributed by atoms with Gasteiger partial charge in [0.1, 0.15) is 0 Å². The van der Waals surface area contributed by atoms with Gasteiger partial charge in [0, 0.05) is 38.7 Å². The van der Waals surface area contributed by atoms with Crippen LogP contribution in [0.4, 0.5) is 0 Å². The molecule has 2 heterocycles. The maximum Gasteiger partial charge on any atom is 0.223 e. The van der Waals surface area contributed by atoms with E-state index in [9.17, 15) is 4.79 Å². The lowest BCUT2D eigenvalue weighted by molar-refractivity contribution is -0.132. The van der Waals surface area contributed by atoms with E-state index in [0.29, 0.717) is 18.4 Å². The van der Waals surface area contributed by atoms with Gasteiger partial charge in [-0.25, -0.2) is 0 Å². The van der Waals surface area contributed by atoms with Crippen LogP contribution in [-0.2, 0) is 9.53 Å². The monoisotopic (exact) mass is 282 g/mol. The standard InChI is InChI=1S/C16H30N2O2/c1-3-16(2)13-14(8-12-20-16)17-9-7-15(19)18-10-5-4-6-11-18/h14,17H,3-13H2,1-2H3. The summed E-state index contributed by atoms with van der Waals surface area (Å²) in [5, 5.41) is 3.55. The summed E-state index contributed by atoms with van der Waals surface area (Å²) in [6.07, 6.45) is 7.44. The zero-order valence-electron chi connectivity index (χ0n) is 13.1. The molecule has 0 aromatic heterocycles. The van der Waals surface area contributed by atoms with Crippen molar-refractivity contribution >= 4 is 5.91 Å². The van der Waals surface area contributed by atoms with Gasteiger partial charge in [-0.05, 0) is 45.4 Å². The molecule has 2 aliphatic rings. The van der Waals surface area contributed by atoms with Crippen molar-refractivity contribution in [1.82, 2.24) is 10.2 Å². The van der Waals surface area contributed by atoms with E-state index in [1.54, 1.807) is 0 Å². The average molecular weight is 282 g/mol. The van der Waals surface area contributed by atoms with Gasteiger partial charge in [0.2, 0.25) is 5.91 Å². The van der Waals surface area contributed by atoms with Gasteiger partial charge in [0.25, 0.3) is 0 Å². The molecule has 4 nitrogen and oxygen atoms in total. The molecule has 2 rings (SSSR count). The summed E-state index contributed by atoms with van der Waals surface area (Å²) >= 11 is 0. The maximum absolute atomic E-state index is 12.1. The highest BCUT2D eigenvalue weighted by Gasteiger charge is 2.31. The molecule has 1 N–H and O–H groups in total. The Labute approximate surface area is 123 Å². The molecule has 20 heavy (non-hydrogen) atoms. The quantitative estimate of drug-likeness (QED) is 0.841. The van der Waals surface area contributed by atoms with Gasteiger partial charge in [0.15, 0.2) is 0 Å². The van der Waals surface area contributed by atoms with Crippen molar-refractivity contribution in [3.8, 4) is 0 Å². The predicted molar refractivity (Wildman–Crippen MR) is 80.7 cm³/mol. The van der Waals surface area contributed by atoms with Gasteiger partial charge in [-0.2, -0.15) is 0 Å². The molecule has 0 spiro atoms. The SMILES string of the molecule is CCC1(C)CC(NCCC(=O)N2CCCCC2)CCO1. The molecule has 2 aliphatic heterocycles. The summed E-state index contributed by atoms with van der Waals surface area (Å²) < 4.78 is 5.85. The average Bonchev–Trinajstić information content (AvgIpc) is 2.48. The van der Waals surface area contributed by atoms with Crippen LogP contribution in [0.25, 0.3) is 0 Å². The summed E-state index contributed by atoms with van der Waals surface area (Å²) in [6.45, 7) is 7.94. The van der Waals surface area contributed by atoms with E-state index < -0.39 is 0 Å². The highest BCUT2D eigenvalue weighted by molar-refractivity contribution is 5.76. The van der Waals surface area contributed by atoms with Crippen LogP contribution in [0.15, 0.2) is 0 Å². The Morgan fingerprint density at radius 3 is 2.80 bits per heavy atom. The first-order valence-electron chi connectivity index (χ1n) is 8.28. The number of carbonyl (C=O) groups is 1. The van der Waals surface area contributed by atoms with Crippen LogP contribution in [0.1, 0.15) is 58.8 Å². The topological polar surface area (TPSA) is 41.6 Å². The molecule has 2 saturated heterocycles. The molecule has 0 saturated carbocycles. The summed E-state index contributed by atoms with van der Waals surface area (Å²) in [4.78, 5) is 14.1. The number of hydrogen-bond acceptors (Lipinski definition) is 3. The molecule has 2 unspecified atom stereocenters. The van der Waals surface area contributed by atoms with Crippen LogP contribution in [0.2, 0.25) is 0 Å². The number of nitrogens with zero attached hydrogens (tertiary/aromatic N) is 1. The third-order valence-corrected chi connectivity index (χ3v) is 4.82. The van der Waals surface area contributed by atoms with E-state index in [4.69, 9.17) is 4.74 Å². The van der Waals surface area contributed by atoms with E-state index in [1.807, 2.05) is 4.90 Å². The molecular formula is C16H30N2O2. The molecule has 0 bridgehead atoms. The Morgan fingerprint density at radius 1 is 1.35 bits per heavy atom. The largest absolute Gasteiger partial charge is 0.375 e. The summed E-state index contributed by atoms with van der Waals surface area (Å²) in [5.74, 6) is 0.322. The number of carbonyl (C=O) groups excluding carboxylic acids is 1. The Bertz CT molecular complexity index is 316. The number of amides is 1. The lowest BCUT2D eigenvalue weighted by Crippen LogP contribution is -2.46. The van der Waals surface area contributed by atoms with Gasteiger partial charge in [-0.15, -0.1) is 0 Å². The minimum Gasteiger partial charge on any atom is -0.375 e. The van der Waals surface area contributed by atoms with Crippen molar-refractivity contribution in [2.45, 2.75) is 70.4 Å². The molecule has 0 aromatic rings. The van der Waals surface area contributed by atoms with Gasteiger partial charge in [-0.3, -0.25) is 4.79 Å². The third-order valence-electron chi connectivity index (χ3n) is 4.82. The van der Waals surface area contributed by atoms with Gasteiger partial charge in [0.05, 0.1) is 5.60 Å². The van der Waals surface area contributed by atoms with Crippen molar-refractivity contribution in [2.24, 2.45) is 0 Å². The minimum atomic E-state index is 0.0206. The van der Waals surface area contributed by atoms with Crippen LogP contribution >= 0.6 is 0 Å². The smallest absolute Gasteiger partial charge is 0.223 e. The van der Waals surface area contributed by atoms with Crippen LogP contribution in [-0.4, -0.2) is 48.7 Å². The lowest BCUT2D eigenvalue weighted by atomic mass is 9.90. The summed E-state index contributed by atoms with van der Waals surface area (Å²) in [7, 11) is 0. The Hall–Kier alpha value is -0.610. The zero-order valence-corrected chi connectivity index (χ0v) is 13.1. The second kappa shape index (κ2) is 7.41. The fourth-order valence-electron chi connectivity index (χ4n) is 3.24. The van der Waals surface area contributed by atoms with Crippen molar-refractivity contribution in [2.75, 3.05) is 26.2 Å². The second-order valence-corrected chi connectivity index (χ2v) is 6.49. The van der Waals surface area contributed by atoms with E-state index in [1.165, 1.54) is 19.3 Å². The number of ether oxygens (including phenoxy) is 1. The molecule has 0 radical (unpaired) electrons. The first kappa shape index (κ1) is 15.8. The second-order valence-electron chi connectivity index (χ2n) is 6.49. The highest BCUT2D eigenvalue weighted by atomic mass is 16.5. The lowest BCUT2D eigenvalue weighted by Gasteiger charge is -2.38. The van der Waals surface area contributed by atoms with Crippen LogP contribution in [0.3, 0.4) is 0 Å². The normalized spacial score (nSPS) is 31.3. The minimum absolute atomic E-state index is 0.0206. The number of likely N-dealkylation sites (tertiary alicyclic amines) is 1. The van der Waals surface area contributed by atoms with E-state index in [0.717, 1.165) is 45.5 Å². The summed E-state index contributed by atoms with van der Waals surface area (Å²) in [5.41, 5.74) is 0.0206. The van der Waals surface area contributed by atoms with Crippen molar-refractivity contribution < 1.29 is 9.53 Å². The Morgan fingerprint density at radius 2 is 2.10 bits per heavy atom. The highest BCUT2D eigenvalue weighted by Crippen LogP contribution is 2.27. The molecule has 1 amide bonds. The molecule has 116 valence electrons. The molecule has 0 aliphatic carbocycles. The van der Waals surface area contributed by atoms with Crippen LogP contribution in [0.5, 0.6) is 0 Å². The first-order chi connectivity index (χ1) is 9.63. The fraction of sp³-hybridized carbons (Fsp3) is 0.938. The van der Waals surface area contributed by atoms with Crippen molar-refractivity contribution in [1.29, 1.82) is 0 Å². The van der Waals surface area contributed by atoms with Crippen molar-refractivity contribution in [3.05, 3.63) is 0 Å². The number of hydrogen-bond donors (Lipinski definition) is 1. The van der Waals surface area contributed by atoms with E-state index in [2.05, 4.69) is 19.2 Å². The van der Waals surface area contributed by atoms with Gasteiger partial charge in [-0.1, -0.05) is 6.92 Å². The molecular weight excluding hydrogens is 252 g/mol.